The van der Waals surface area contributed by atoms with Crippen molar-refractivity contribution in [1.82, 2.24) is 14.9 Å². The lowest BCUT2D eigenvalue weighted by atomic mass is 10.3. The van der Waals surface area contributed by atoms with Gasteiger partial charge >= 0.3 is 0 Å². The fourth-order valence-corrected chi connectivity index (χ4v) is 4.18. The van der Waals surface area contributed by atoms with E-state index in [1.54, 1.807) is 18.3 Å². The molecule has 0 bridgehead atoms. The van der Waals surface area contributed by atoms with Crippen LogP contribution in [0.4, 0.5) is 16.5 Å². The van der Waals surface area contributed by atoms with E-state index in [2.05, 4.69) is 20.6 Å². The topological polar surface area (TPSA) is 79.4 Å². The van der Waals surface area contributed by atoms with E-state index < -0.39 is 0 Å². The molecule has 2 aromatic heterocycles. The predicted octanol–water partition coefficient (Wildman–Crippen LogP) is 5.72. The zero-order chi connectivity index (χ0) is 23.9. The van der Waals surface area contributed by atoms with E-state index in [0.29, 0.717) is 40.4 Å². The van der Waals surface area contributed by atoms with Crippen molar-refractivity contribution < 1.29 is 9.53 Å². The van der Waals surface area contributed by atoms with Crippen LogP contribution < -0.4 is 15.4 Å². The maximum atomic E-state index is 12.1. The minimum absolute atomic E-state index is 0.169. The number of ether oxygens (including phenoxy) is 1. The van der Waals surface area contributed by atoms with Crippen molar-refractivity contribution in [3.63, 3.8) is 0 Å². The van der Waals surface area contributed by atoms with Gasteiger partial charge in [0.15, 0.2) is 5.13 Å². The van der Waals surface area contributed by atoms with Crippen molar-refractivity contribution in [2.45, 2.75) is 6.61 Å². The summed E-state index contributed by atoms with van der Waals surface area (Å²) < 4.78 is 6.91. The summed E-state index contributed by atoms with van der Waals surface area (Å²) in [4.78, 5) is 23.1. The molecule has 7 nitrogen and oxygen atoms in total. The van der Waals surface area contributed by atoms with E-state index in [1.165, 1.54) is 17.4 Å². The molecule has 0 aliphatic heterocycles. The van der Waals surface area contributed by atoms with Crippen LogP contribution in [-0.2, 0) is 11.4 Å². The molecule has 174 valence electrons. The first-order valence-corrected chi connectivity index (χ1v) is 11.8. The lowest BCUT2D eigenvalue weighted by molar-refractivity contribution is -0.111. The highest BCUT2D eigenvalue weighted by Crippen LogP contribution is 2.35. The molecule has 0 radical (unpaired) electrons. The van der Waals surface area contributed by atoms with Crippen LogP contribution in [0.2, 0.25) is 5.02 Å². The third-order valence-electron chi connectivity index (χ3n) is 4.68. The molecule has 4 aromatic rings. The number of hydrogen-bond donors (Lipinski definition) is 2. The van der Waals surface area contributed by atoms with Gasteiger partial charge in [0, 0.05) is 29.5 Å². The Balaban J connectivity index is 1.47. The van der Waals surface area contributed by atoms with Crippen LogP contribution >= 0.6 is 22.9 Å². The summed E-state index contributed by atoms with van der Waals surface area (Å²) in [7, 11) is 3.90. The van der Waals surface area contributed by atoms with Crippen LogP contribution in [-0.4, -0.2) is 41.4 Å². The number of likely N-dealkylation sites (N-methyl/N-ethyl adjacent to an activating group) is 1. The summed E-state index contributed by atoms with van der Waals surface area (Å²) in [5.41, 5.74) is 3.08. The number of amides is 1. The van der Waals surface area contributed by atoms with Gasteiger partial charge in [0.25, 0.3) is 0 Å². The summed E-state index contributed by atoms with van der Waals surface area (Å²) in [6.07, 6.45) is 5.09. The molecule has 1 amide bonds. The average molecular weight is 494 g/mol. The van der Waals surface area contributed by atoms with Crippen LogP contribution in [0.5, 0.6) is 5.75 Å². The summed E-state index contributed by atoms with van der Waals surface area (Å²) >= 11 is 7.70. The first kappa shape index (κ1) is 23.7. The first-order valence-electron chi connectivity index (χ1n) is 10.6. The Morgan fingerprint density at radius 2 is 2.06 bits per heavy atom. The van der Waals surface area contributed by atoms with Crippen LogP contribution in [0, 0.1) is 0 Å². The Hall–Kier alpha value is -3.46. The van der Waals surface area contributed by atoms with Crippen molar-refractivity contribution in [3.8, 4) is 5.75 Å². The minimum Gasteiger partial charge on any atom is -0.485 e. The van der Waals surface area contributed by atoms with Gasteiger partial charge in [-0.05, 0) is 62.6 Å². The Morgan fingerprint density at radius 3 is 2.85 bits per heavy atom. The van der Waals surface area contributed by atoms with Gasteiger partial charge in [-0.25, -0.2) is 4.98 Å². The molecule has 0 saturated heterocycles. The number of hydrogen-bond acceptors (Lipinski definition) is 7. The van der Waals surface area contributed by atoms with Gasteiger partial charge < -0.3 is 20.3 Å². The number of benzene rings is 2. The van der Waals surface area contributed by atoms with E-state index in [-0.39, 0.29) is 5.91 Å². The third kappa shape index (κ3) is 6.54. The zero-order valence-corrected chi connectivity index (χ0v) is 20.4. The molecule has 0 aliphatic rings. The second kappa shape index (κ2) is 11.1. The van der Waals surface area contributed by atoms with Crippen molar-refractivity contribution in [2.24, 2.45) is 0 Å². The van der Waals surface area contributed by atoms with Crippen LogP contribution in [0.1, 0.15) is 5.69 Å². The fraction of sp³-hybridized carbons (Fsp3) is 0.160. The summed E-state index contributed by atoms with van der Waals surface area (Å²) in [6.45, 7) is 1.04. The maximum Gasteiger partial charge on any atom is 0.248 e. The average Bonchev–Trinajstić information content (AvgIpc) is 3.20. The van der Waals surface area contributed by atoms with E-state index in [9.17, 15) is 4.79 Å². The van der Waals surface area contributed by atoms with Gasteiger partial charge in [-0.2, -0.15) is 0 Å². The number of nitrogens with zero attached hydrogens (tertiary/aromatic N) is 3. The third-order valence-corrected chi connectivity index (χ3v) is 5.85. The number of pyridine rings is 1. The highest BCUT2D eigenvalue weighted by atomic mass is 35.5. The number of aromatic nitrogens is 2. The maximum absolute atomic E-state index is 12.1. The van der Waals surface area contributed by atoms with Gasteiger partial charge in [0.2, 0.25) is 5.91 Å². The molecule has 2 aromatic carbocycles. The van der Waals surface area contributed by atoms with Crippen molar-refractivity contribution in [3.05, 3.63) is 83.7 Å². The molecule has 0 atom stereocenters. The van der Waals surface area contributed by atoms with Crippen molar-refractivity contribution >= 4 is 55.6 Å². The van der Waals surface area contributed by atoms with Gasteiger partial charge in [0.1, 0.15) is 12.4 Å². The Bertz CT molecular complexity index is 1310. The first-order chi connectivity index (χ1) is 16.5. The summed E-state index contributed by atoms with van der Waals surface area (Å²) in [5.74, 6) is 0.476. The molecule has 0 saturated carbocycles. The zero-order valence-electron chi connectivity index (χ0n) is 18.8. The number of anilines is 3. The second-order valence-corrected chi connectivity index (χ2v) is 9.20. The van der Waals surface area contributed by atoms with Crippen LogP contribution in [0.15, 0.2) is 72.9 Å². The van der Waals surface area contributed by atoms with Crippen LogP contribution in [0.3, 0.4) is 0 Å². The van der Waals surface area contributed by atoms with E-state index >= 15 is 0 Å². The second-order valence-electron chi connectivity index (χ2n) is 7.73. The Morgan fingerprint density at radius 1 is 1.18 bits per heavy atom. The Kier molecular flexibility index (Phi) is 7.74. The highest BCUT2D eigenvalue weighted by Gasteiger charge is 2.11. The van der Waals surface area contributed by atoms with Crippen LogP contribution in [0.25, 0.3) is 10.2 Å². The smallest absolute Gasteiger partial charge is 0.248 e. The molecule has 0 unspecified atom stereocenters. The van der Waals surface area contributed by atoms with E-state index in [1.807, 2.05) is 67.5 Å². The summed E-state index contributed by atoms with van der Waals surface area (Å²) in [5, 5.41) is 7.47. The SMILES string of the molecule is CN(C)CC=CC(=O)Nc1ccc2nc(Nc3cc(Cl)ccc3OCc3ccccn3)sc2c1. The normalized spacial score (nSPS) is 11.3. The standard InChI is InChI=1S/C25H24ClN5O2S/c1-31(2)13-5-7-24(32)28-18-9-10-20-23(15-18)34-25(29-20)30-21-14-17(26)8-11-22(21)33-16-19-6-3-4-12-27-19/h3-12,14-15H,13,16H2,1-2H3,(H,28,32)(H,29,30). The molecule has 9 heteroatoms. The van der Waals surface area contributed by atoms with Gasteiger partial charge in [0.05, 0.1) is 21.6 Å². The number of nitrogens with one attached hydrogen (secondary N) is 2. The van der Waals surface area contributed by atoms with E-state index in [0.717, 1.165) is 15.9 Å². The lowest BCUT2D eigenvalue weighted by Gasteiger charge is -2.12. The van der Waals surface area contributed by atoms with E-state index in [4.69, 9.17) is 16.3 Å². The van der Waals surface area contributed by atoms with Crippen molar-refractivity contribution in [2.75, 3.05) is 31.3 Å². The van der Waals surface area contributed by atoms with Crippen molar-refractivity contribution in [1.29, 1.82) is 0 Å². The number of rotatable bonds is 9. The molecule has 34 heavy (non-hydrogen) atoms. The fourth-order valence-electron chi connectivity index (χ4n) is 3.09. The molecule has 0 aliphatic carbocycles. The molecular weight excluding hydrogens is 470 g/mol. The quantitative estimate of drug-likeness (QED) is 0.290. The molecule has 0 spiro atoms. The molecule has 2 N–H and O–H groups in total. The monoisotopic (exact) mass is 493 g/mol. The highest BCUT2D eigenvalue weighted by molar-refractivity contribution is 7.22. The molecule has 4 rings (SSSR count). The number of fused-ring (bicyclic) bond motifs is 1. The largest absolute Gasteiger partial charge is 0.485 e. The number of thiazole rings is 1. The predicted molar refractivity (Wildman–Crippen MR) is 139 cm³/mol. The molecule has 0 fully saturated rings. The number of carbonyl (C=O) groups is 1. The minimum atomic E-state index is -0.169. The van der Waals surface area contributed by atoms with Gasteiger partial charge in [-0.15, -0.1) is 0 Å². The molecule has 2 heterocycles. The number of carbonyl (C=O) groups excluding carboxylic acids is 1. The molecular formula is C25H24ClN5O2S. The Labute approximate surface area is 207 Å². The van der Waals surface area contributed by atoms with Gasteiger partial charge in [-0.1, -0.05) is 35.1 Å². The lowest BCUT2D eigenvalue weighted by Crippen LogP contribution is -2.12. The number of halogens is 1. The van der Waals surface area contributed by atoms with Gasteiger partial charge in [-0.3, -0.25) is 9.78 Å². The summed E-state index contributed by atoms with van der Waals surface area (Å²) in [6, 6.07) is 16.7.